The van der Waals surface area contributed by atoms with Gasteiger partial charge >= 0.3 is 6.03 Å². The van der Waals surface area contributed by atoms with Gasteiger partial charge in [-0.05, 0) is 18.2 Å². The fourth-order valence-corrected chi connectivity index (χ4v) is 2.35. The smallest absolute Gasteiger partial charge is 0.324 e. The third-order valence-electron chi connectivity index (χ3n) is 3.25. The zero-order chi connectivity index (χ0) is 15.0. The molecule has 0 radical (unpaired) electrons. The minimum absolute atomic E-state index is 0.224. The Balaban J connectivity index is 1.92. The Hall–Kier alpha value is -2.41. The van der Waals surface area contributed by atoms with Gasteiger partial charge in [0.15, 0.2) is 0 Å². The number of nitrogens with zero attached hydrogens (tertiary/aromatic N) is 3. The third kappa shape index (κ3) is 2.47. The maximum Gasteiger partial charge on any atom is 0.324 e. The Labute approximate surface area is 124 Å². The van der Waals surface area contributed by atoms with Gasteiger partial charge in [-0.1, -0.05) is 11.6 Å². The number of amides is 3. The molecule has 1 saturated heterocycles. The Morgan fingerprint density at radius 2 is 2.19 bits per heavy atom. The van der Waals surface area contributed by atoms with Crippen LogP contribution in [0.2, 0.25) is 5.02 Å². The lowest BCUT2D eigenvalue weighted by Gasteiger charge is -2.13. The fourth-order valence-electron chi connectivity index (χ4n) is 2.18. The van der Waals surface area contributed by atoms with Crippen LogP contribution in [0, 0.1) is 0 Å². The molecule has 2 aromatic rings. The summed E-state index contributed by atoms with van der Waals surface area (Å²) in [6, 6.07) is 4.30. The summed E-state index contributed by atoms with van der Waals surface area (Å²) in [5.74, 6) is -0.442. The molecule has 0 atom stereocenters. The molecule has 1 aliphatic rings. The van der Waals surface area contributed by atoms with Crippen molar-refractivity contribution in [1.82, 2.24) is 19.8 Å². The van der Waals surface area contributed by atoms with E-state index in [9.17, 15) is 14.4 Å². The van der Waals surface area contributed by atoms with E-state index < -0.39 is 11.9 Å². The van der Waals surface area contributed by atoms with E-state index in [1.807, 2.05) is 0 Å². The first-order valence-electron chi connectivity index (χ1n) is 6.29. The van der Waals surface area contributed by atoms with Crippen molar-refractivity contribution in [3.63, 3.8) is 0 Å². The van der Waals surface area contributed by atoms with Crippen LogP contribution in [0.15, 0.2) is 29.3 Å². The van der Waals surface area contributed by atoms with Crippen LogP contribution in [0.1, 0.15) is 0 Å². The van der Waals surface area contributed by atoms with Crippen LogP contribution in [0.4, 0.5) is 4.79 Å². The number of urea groups is 1. The number of benzene rings is 1. The van der Waals surface area contributed by atoms with Gasteiger partial charge in [0.1, 0.15) is 6.54 Å². The molecule has 1 N–H and O–H groups in total. The average molecular weight is 307 g/mol. The Morgan fingerprint density at radius 1 is 1.38 bits per heavy atom. The molecule has 0 saturated carbocycles. The first-order chi connectivity index (χ1) is 10.1. The average Bonchev–Trinajstić information content (AvgIpc) is 2.88. The van der Waals surface area contributed by atoms with Gasteiger partial charge in [0.05, 0.1) is 17.2 Å². The van der Waals surface area contributed by atoms with E-state index in [4.69, 9.17) is 11.6 Å². The summed E-state index contributed by atoms with van der Waals surface area (Å²) in [4.78, 5) is 40.9. The SMILES string of the molecule is O=C(Cn1cnc2cc(Cl)ccc2c1=O)N1CCNC1=O. The summed E-state index contributed by atoms with van der Waals surface area (Å²) in [5, 5.41) is 3.39. The van der Waals surface area contributed by atoms with Gasteiger partial charge in [-0.15, -0.1) is 0 Å². The van der Waals surface area contributed by atoms with Crippen LogP contribution in [-0.4, -0.2) is 39.5 Å². The molecule has 3 rings (SSSR count). The molecule has 1 aromatic heterocycles. The maximum atomic E-state index is 12.3. The highest BCUT2D eigenvalue weighted by Gasteiger charge is 2.26. The molecule has 0 spiro atoms. The third-order valence-corrected chi connectivity index (χ3v) is 3.49. The lowest BCUT2D eigenvalue weighted by molar-refractivity contribution is -0.128. The van der Waals surface area contributed by atoms with Gasteiger partial charge in [0.25, 0.3) is 11.5 Å². The maximum absolute atomic E-state index is 12.3. The summed E-state index contributed by atoms with van der Waals surface area (Å²) in [6.07, 6.45) is 1.28. The highest BCUT2D eigenvalue weighted by atomic mass is 35.5. The van der Waals surface area contributed by atoms with Crippen LogP contribution in [0.5, 0.6) is 0 Å². The van der Waals surface area contributed by atoms with Crippen molar-refractivity contribution in [3.05, 3.63) is 39.9 Å². The molecule has 21 heavy (non-hydrogen) atoms. The molecule has 2 heterocycles. The molecular weight excluding hydrogens is 296 g/mol. The fraction of sp³-hybridized carbons (Fsp3) is 0.231. The van der Waals surface area contributed by atoms with Gasteiger partial charge < -0.3 is 5.32 Å². The molecule has 0 unspecified atom stereocenters. The van der Waals surface area contributed by atoms with Crippen molar-refractivity contribution >= 4 is 34.4 Å². The van der Waals surface area contributed by atoms with Gasteiger partial charge in [-0.3, -0.25) is 19.1 Å². The number of carbonyl (C=O) groups is 2. The lowest BCUT2D eigenvalue weighted by Crippen LogP contribution is -2.38. The quantitative estimate of drug-likeness (QED) is 0.880. The molecule has 3 amide bonds. The van der Waals surface area contributed by atoms with E-state index in [0.717, 1.165) is 4.90 Å². The molecule has 7 nitrogen and oxygen atoms in total. The Morgan fingerprint density at radius 3 is 2.90 bits per heavy atom. The van der Waals surface area contributed by atoms with Crippen molar-refractivity contribution in [2.24, 2.45) is 0 Å². The summed E-state index contributed by atoms with van der Waals surface area (Å²) < 4.78 is 1.18. The largest absolute Gasteiger partial charge is 0.336 e. The zero-order valence-electron chi connectivity index (χ0n) is 10.9. The van der Waals surface area contributed by atoms with Crippen molar-refractivity contribution in [2.45, 2.75) is 6.54 Å². The van der Waals surface area contributed by atoms with E-state index in [0.29, 0.717) is 29.0 Å². The summed E-state index contributed by atoms with van der Waals surface area (Å²) in [5.41, 5.74) is 0.125. The van der Waals surface area contributed by atoms with E-state index in [-0.39, 0.29) is 12.1 Å². The molecule has 8 heteroatoms. The molecule has 1 aromatic carbocycles. The number of carbonyl (C=O) groups excluding carboxylic acids is 2. The monoisotopic (exact) mass is 306 g/mol. The van der Waals surface area contributed by atoms with Gasteiger partial charge in [-0.25, -0.2) is 9.78 Å². The van der Waals surface area contributed by atoms with Crippen LogP contribution in [0.25, 0.3) is 10.9 Å². The van der Waals surface area contributed by atoms with E-state index >= 15 is 0 Å². The summed E-state index contributed by atoms with van der Waals surface area (Å²) in [6.45, 7) is 0.509. The van der Waals surface area contributed by atoms with Gasteiger partial charge in [-0.2, -0.15) is 0 Å². The number of imide groups is 1. The van der Waals surface area contributed by atoms with E-state index in [2.05, 4.69) is 10.3 Å². The van der Waals surface area contributed by atoms with E-state index in [1.165, 1.54) is 10.9 Å². The van der Waals surface area contributed by atoms with Crippen LogP contribution >= 0.6 is 11.6 Å². The van der Waals surface area contributed by atoms with Gasteiger partial charge in [0.2, 0.25) is 0 Å². The lowest BCUT2D eigenvalue weighted by atomic mass is 10.2. The summed E-state index contributed by atoms with van der Waals surface area (Å²) in [7, 11) is 0. The number of hydrogen-bond donors (Lipinski definition) is 1. The van der Waals surface area contributed by atoms with Gasteiger partial charge in [0, 0.05) is 18.1 Å². The normalized spacial score (nSPS) is 14.5. The highest BCUT2D eigenvalue weighted by Crippen LogP contribution is 2.14. The van der Waals surface area contributed by atoms with Crippen LogP contribution < -0.4 is 10.9 Å². The second-order valence-corrected chi connectivity index (χ2v) is 5.05. The number of fused-ring (bicyclic) bond motifs is 1. The molecule has 1 fully saturated rings. The molecule has 0 bridgehead atoms. The van der Waals surface area contributed by atoms with Crippen molar-refractivity contribution in [2.75, 3.05) is 13.1 Å². The van der Waals surface area contributed by atoms with E-state index in [1.54, 1.807) is 18.2 Å². The predicted octanol–water partition coefficient (Wildman–Crippen LogP) is 0.602. The second kappa shape index (κ2) is 5.17. The Kier molecular flexibility index (Phi) is 3.34. The van der Waals surface area contributed by atoms with Crippen molar-refractivity contribution < 1.29 is 9.59 Å². The number of nitrogens with one attached hydrogen (secondary N) is 1. The molecule has 1 aliphatic heterocycles. The topological polar surface area (TPSA) is 84.3 Å². The molecule has 0 aliphatic carbocycles. The molecule has 108 valence electrons. The molecular formula is C13H11ClN4O3. The standard InChI is InChI=1S/C13H11ClN4O3/c14-8-1-2-9-10(5-8)16-7-17(12(9)20)6-11(19)18-4-3-15-13(18)21/h1-2,5,7H,3-4,6H2,(H,15,21). The number of halogens is 1. The summed E-state index contributed by atoms with van der Waals surface area (Å²) >= 11 is 5.84. The highest BCUT2D eigenvalue weighted by molar-refractivity contribution is 6.31. The first-order valence-corrected chi connectivity index (χ1v) is 6.67. The zero-order valence-corrected chi connectivity index (χ0v) is 11.6. The number of hydrogen-bond acceptors (Lipinski definition) is 4. The second-order valence-electron chi connectivity index (χ2n) is 4.62. The van der Waals surface area contributed by atoms with Crippen molar-refractivity contribution in [3.8, 4) is 0 Å². The van der Waals surface area contributed by atoms with Crippen molar-refractivity contribution in [1.29, 1.82) is 0 Å². The van der Waals surface area contributed by atoms with Crippen LogP contribution in [-0.2, 0) is 11.3 Å². The first kappa shape index (κ1) is 13.6. The van der Waals surface area contributed by atoms with Crippen LogP contribution in [0.3, 0.4) is 0 Å². The predicted molar refractivity (Wildman–Crippen MR) is 76.1 cm³/mol. The Bertz CT molecular complexity index is 802. The number of rotatable bonds is 2. The number of aromatic nitrogens is 2. The minimum Gasteiger partial charge on any atom is -0.336 e. The minimum atomic E-state index is -0.442.